The van der Waals surface area contributed by atoms with E-state index in [0.29, 0.717) is 5.69 Å². The normalized spacial score (nSPS) is 11.9. The number of aliphatic carboxylic acids is 1. The third kappa shape index (κ3) is 3.89. The predicted molar refractivity (Wildman–Crippen MR) is 76.7 cm³/mol. The van der Waals surface area contributed by atoms with Crippen molar-refractivity contribution < 1.29 is 19.4 Å². The number of rotatable bonds is 7. The van der Waals surface area contributed by atoms with Crippen LogP contribution in [0.5, 0.6) is 0 Å². The Morgan fingerprint density at radius 1 is 1.36 bits per heavy atom. The molecule has 0 saturated carbocycles. The highest BCUT2D eigenvalue weighted by atomic mass is 16.5. The van der Waals surface area contributed by atoms with Crippen LogP contribution in [-0.4, -0.2) is 51.7 Å². The van der Waals surface area contributed by atoms with Gasteiger partial charge in [-0.05, 0) is 12.1 Å². The molecule has 0 bridgehead atoms. The van der Waals surface area contributed by atoms with Crippen molar-refractivity contribution in [3.05, 3.63) is 42.2 Å². The number of benzene rings is 1. The van der Waals surface area contributed by atoms with E-state index in [4.69, 9.17) is 9.84 Å². The zero-order valence-corrected chi connectivity index (χ0v) is 12.0. The van der Waals surface area contributed by atoms with Crippen LogP contribution in [0.2, 0.25) is 0 Å². The van der Waals surface area contributed by atoms with Crippen LogP contribution in [0.4, 0.5) is 0 Å². The molecule has 1 aromatic heterocycles. The second-order valence-electron chi connectivity index (χ2n) is 4.50. The van der Waals surface area contributed by atoms with Crippen LogP contribution in [0.1, 0.15) is 16.9 Å². The molecule has 0 fully saturated rings. The summed E-state index contributed by atoms with van der Waals surface area (Å²) >= 11 is 0. The third-order valence-corrected chi connectivity index (χ3v) is 2.93. The van der Waals surface area contributed by atoms with Crippen LogP contribution < -0.4 is 5.32 Å². The van der Waals surface area contributed by atoms with Gasteiger partial charge >= 0.3 is 5.97 Å². The molecule has 1 unspecified atom stereocenters. The van der Waals surface area contributed by atoms with E-state index in [1.165, 1.54) is 18.1 Å². The summed E-state index contributed by atoms with van der Waals surface area (Å²) in [6.07, 6.45) is 1.46. The molecule has 8 heteroatoms. The average Bonchev–Trinajstić information content (AvgIpc) is 3.02. The van der Waals surface area contributed by atoms with E-state index in [-0.39, 0.29) is 18.7 Å². The Kier molecular flexibility index (Phi) is 5.21. The van der Waals surface area contributed by atoms with Gasteiger partial charge in [-0.3, -0.25) is 4.79 Å². The first-order valence-corrected chi connectivity index (χ1v) is 6.62. The lowest BCUT2D eigenvalue weighted by molar-refractivity contribution is -0.139. The maximum absolute atomic E-state index is 12.0. The van der Waals surface area contributed by atoms with Gasteiger partial charge in [0.1, 0.15) is 6.04 Å². The summed E-state index contributed by atoms with van der Waals surface area (Å²) < 4.78 is 4.82. The zero-order valence-electron chi connectivity index (χ0n) is 12.0. The summed E-state index contributed by atoms with van der Waals surface area (Å²) in [4.78, 5) is 24.4. The fourth-order valence-electron chi connectivity index (χ4n) is 1.78. The molecule has 1 atom stereocenters. The number of carbonyl (C=O) groups is 2. The topological polar surface area (TPSA) is 106 Å². The quantitative estimate of drug-likeness (QED) is 0.771. The number of ether oxygens (including phenoxy) is 1. The highest BCUT2D eigenvalue weighted by Gasteiger charge is 2.22. The Morgan fingerprint density at radius 3 is 2.73 bits per heavy atom. The number of hydrogen-bond acceptors (Lipinski definition) is 5. The number of carboxylic acid groups (broad SMARTS) is 1. The van der Waals surface area contributed by atoms with Crippen LogP contribution in [0.25, 0.3) is 5.69 Å². The predicted octanol–water partition coefficient (Wildman–Crippen LogP) is 0.487. The Bertz CT molecular complexity index is 641. The van der Waals surface area contributed by atoms with Gasteiger partial charge in [-0.2, -0.15) is 9.90 Å². The minimum atomic E-state index is -1.12. The van der Waals surface area contributed by atoms with Gasteiger partial charge in [-0.1, -0.05) is 18.2 Å². The number of amides is 1. The number of nitrogens with zero attached hydrogens (tertiary/aromatic N) is 3. The van der Waals surface area contributed by atoms with Crippen LogP contribution in [-0.2, 0) is 9.53 Å². The van der Waals surface area contributed by atoms with E-state index >= 15 is 0 Å². The van der Waals surface area contributed by atoms with E-state index < -0.39 is 17.9 Å². The Balaban J connectivity index is 2.06. The van der Waals surface area contributed by atoms with Gasteiger partial charge in [-0.25, -0.2) is 4.79 Å². The molecule has 22 heavy (non-hydrogen) atoms. The molecule has 1 amide bonds. The fraction of sp³-hybridized carbons (Fsp3) is 0.286. The third-order valence-electron chi connectivity index (χ3n) is 2.93. The Labute approximate surface area is 126 Å². The van der Waals surface area contributed by atoms with Crippen LogP contribution in [0.15, 0.2) is 36.5 Å². The molecule has 2 rings (SSSR count). The maximum Gasteiger partial charge on any atom is 0.326 e. The second-order valence-corrected chi connectivity index (χ2v) is 4.50. The largest absolute Gasteiger partial charge is 0.480 e. The number of hydrogen-bond donors (Lipinski definition) is 2. The van der Waals surface area contributed by atoms with Crippen molar-refractivity contribution in [2.45, 2.75) is 12.5 Å². The molecule has 116 valence electrons. The van der Waals surface area contributed by atoms with E-state index in [9.17, 15) is 9.59 Å². The van der Waals surface area contributed by atoms with Gasteiger partial charge in [0, 0.05) is 20.1 Å². The van der Waals surface area contributed by atoms with Crippen molar-refractivity contribution in [3.8, 4) is 5.69 Å². The molecule has 0 aliphatic heterocycles. The lowest BCUT2D eigenvalue weighted by atomic mass is 10.2. The fourth-order valence-corrected chi connectivity index (χ4v) is 1.78. The maximum atomic E-state index is 12.0. The van der Waals surface area contributed by atoms with Crippen LogP contribution in [0.3, 0.4) is 0 Å². The summed E-state index contributed by atoms with van der Waals surface area (Å²) in [5.74, 6) is -1.72. The Hall–Kier alpha value is -2.74. The first-order valence-electron chi connectivity index (χ1n) is 6.62. The number of nitrogens with one attached hydrogen (secondary N) is 1. The van der Waals surface area contributed by atoms with Crippen molar-refractivity contribution in [1.82, 2.24) is 20.3 Å². The van der Waals surface area contributed by atoms with E-state index in [1.54, 1.807) is 12.1 Å². The lowest BCUT2D eigenvalue weighted by Crippen LogP contribution is -2.41. The highest BCUT2D eigenvalue weighted by molar-refractivity contribution is 5.94. The van der Waals surface area contributed by atoms with Gasteiger partial charge in [0.15, 0.2) is 5.69 Å². The lowest BCUT2D eigenvalue weighted by Gasteiger charge is -2.12. The second kappa shape index (κ2) is 7.32. The number of carboxylic acids is 1. The van der Waals surface area contributed by atoms with Gasteiger partial charge in [0.2, 0.25) is 0 Å². The average molecular weight is 304 g/mol. The minimum absolute atomic E-state index is 0.0486. The molecule has 0 radical (unpaired) electrons. The van der Waals surface area contributed by atoms with Gasteiger partial charge in [-0.15, -0.1) is 5.10 Å². The molecule has 0 aliphatic carbocycles. The Morgan fingerprint density at radius 2 is 2.09 bits per heavy atom. The smallest absolute Gasteiger partial charge is 0.326 e. The molecule has 0 aliphatic rings. The molecule has 2 N–H and O–H groups in total. The number of carbonyl (C=O) groups excluding carboxylic acids is 1. The van der Waals surface area contributed by atoms with Gasteiger partial charge < -0.3 is 15.2 Å². The minimum Gasteiger partial charge on any atom is -0.480 e. The molecule has 0 saturated heterocycles. The highest BCUT2D eigenvalue weighted by Crippen LogP contribution is 2.04. The molecular weight excluding hydrogens is 288 g/mol. The SMILES string of the molecule is COCCC(NC(=O)c1cnn(-c2ccccc2)n1)C(=O)O. The molecule has 0 spiro atoms. The number of para-hydroxylation sites is 1. The number of methoxy groups -OCH3 is 1. The van der Waals surface area contributed by atoms with Gasteiger partial charge in [0.25, 0.3) is 5.91 Å². The monoisotopic (exact) mass is 304 g/mol. The summed E-state index contributed by atoms with van der Waals surface area (Å²) in [7, 11) is 1.46. The van der Waals surface area contributed by atoms with E-state index in [1.807, 2.05) is 18.2 Å². The summed E-state index contributed by atoms with van der Waals surface area (Å²) in [6.45, 7) is 0.230. The molecular formula is C14H16N4O4. The molecule has 1 aromatic carbocycles. The van der Waals surface area contributed by atoms with Crippen molar-refractivity contribution in [3.63, 3.8) is 0 Å². The summed E-state index contributed by atoms with van der Waals surface area (Å²) in [5.41, 5.74) is 0.753. The van der Waals surface area contributed by atoms with Gasteiger partial charge in [0.05, 0.1) is 11.9 Å². The first kappa shape index (κ1) is 15.6. The molecule has 1 heterocycles. The molecule has 8 nitrogen and oxygen atoms in total. The summed E-state index contributed by atoms with van der Waals surface area (Å²) in [6, 6.07) is 8.05. The van der Waals surface area contributed by atoms with E-state index in [0.717, 1.165) is 0 Å². The van der Waals surface area contributed by atoms with E-state index in [2.05, 4.69) is 15.5 Å². The van der Waals surface area contributed by atoms with Crippen molar-refractivity contribution >= 4 is 11.9 Å². The first-order chi connectivity index (χ1) is 10.6. The standard InChI is InChI=1S/C14H16N4O4/c1-22-8-7-11(14(20)21)16-13(19)12-9-15-18(17-12)10-5-3-2-4-6-10/h2-6,9,11H,7-8H2,1H3,(H,16,19)(H,20,21). The van der Waals surface area contributed by atoms with Crippen molar-refractivity contribution in [2.75, 3.05) is 13.7 Å². The van der Waals surface area contributed by atoms with Crippen LogP contribution in [0, 0.1) is 0 Å². The van der Waals surface area contributed by atoms with Crippen molar-refractivity contribution in [1.29, 1.82) is 0 Å². The van der Waals surface area contributed by atoms with Crippen molar-refractivity contribution in [2.24, 2.45) is 0 Å². The zero-order chi connectivity index (χ0) is 15.9. The number of aromatic nitrogens is 3. The summed E-state index contributed by atoms with van der Waals surface area (Å²) in [5, 5.41) is 19.5. The van der Waals surface area contributed by atoms with Crippen LogP contribution >= 0.6 is 0 Å². The molecule has 2 aromatic rings.